The zero-order valence-corrected chi connectivity index (χ0v) is 13.4. The zero-order chi connectivity index (χ0) is 15.5. The van der Waals surface area contributed by atoms with E-state index in [-0.39, 0.29) is 6.79 Å². The number of hydrogen-bond acceptors (Lipinski definition) is 3. The normalized spacial score (nSPS) is 12.3. The van der Waals surface area contributed by atoms with Crippen LogP contribution in [0.25, 0.3) is 0 Å². The summed E-state index contributed by atoms with van der Waals surface area (Å²) >= 11 is 5.34. The number of benzene rings is 2. The van der Waals surface area contributed by atoms with Gasteiger partial charge in [-0.15, -0.1) is 0 Å². The minimum Gasteiger partial charge on any atom is -0.454 e. The number of anilines is 2. The molecule has 2 aromatic carbocycles. The maximum atomic E-state index is 5.35. The van der Waals surface area contributed by atoms with Gasteiger partial charge in [0.2, 0.25) is 6.79 Å². The van der Waals surface area contributed by atoms with E-state index >= 15 is 0 Å². The van der Waals surface area contributed by atoms with Crippen molar-refractivity contribution in [1.29, 1.82) is 0 Å². The van der Waals surface area contributed by atoms with Gasteiger partial charge in [0.05, 0.1) is 0 Å². The monoisotopic (exact) mass is 314 g/mol. The van der Waals surface area contributed by atoms with Gasteiger partial charge in [-0.2, -0.15) is 0 Å². The Morgan fingerprint density at radius 1 is 0.955 bits per heavy atom. The van der Waals surface area contributed by atoms with Crippen molar-refractivity contribution in [1.82, 2.24) is 0 Å². The summed E-state index contributed by atoms with van der Waals surface area (Å²) in [5.41, 5.74) is 3.13. The minimum absolute atomic E-state index is 0.268. The highest BCUT2D eigenvalue weighted by molar-refractivity contribution is 7.80. The quantitative estimate of drug-likeness (QED) is 0.825. The third kappa shape index (κ3) is 3.31. The molecule has 1 heterocycles. The predicted octanol–water partition coefficient (Wildman–Crippen LogP) is 4.35. The second-order valence-corrected chi connectivity index (χ2v) is 5.83. The molecule has 0 spiro atoms. The molecule has 0 bridgehead atoms. The van der Waals surface area contributed by atoms with E-state index in [0.717, 1.165) is 22.9 Å². The molecule has 0 unspecified atom stereocenters. The first kappa shape index (κ1) is 14.7. The largest absolute Gasteiger partial charge is 0.454 e. The molecule has 0 fully saturated rings. The standard InChI is InChI=1S/C17H18N2O2S/c1-11(2)12-3-5-13(6-4-12)18-17(22)19-14-7-8-15-16(9-14)21-10-20-15/h3-9,11H,10H2,1-2H3,(H2,18,19,22). The minimum atomic E-state index is 0.268. The number of ether oxygens (including phenoxy) is 2. The molecule has 3 rings (SSSR count). The van der Waals surface area contributed by atoms with Gasteiger partial charge < -0.3 is 20.1 Å². The van der Waals surface area contributed by atoms with Crippen LogP contribution < -0.4 is 20.1 Å². The van der Waals surface area contributed by atoms with Gasteiger partial charge in [0.25, 0.3) is 0 Å². The molecule has 0 amide bonds. The molecule has 0 aromatic heterocycles. The van der Waals surface area contributed by atoms with Gasteiger partial charge in [-0.3, -0.25) is 0 Å². The average Bonchev–Trinajstić information content (AvgIpc) is 2.95. The van der Waals surface area contributed by atoms with Crippen molar-refractivity contribution in [2.24, 2.45) is 0 Å². The first-order valence-corrected chi connectivity index (χ1v) is 7.60. The molecular weight excluding hydrogens is 296 g/mol. The Morgan fingerprint density at radius 2 is 1.59 bits per heavy atom. The Morgan fingerprint density at radius 3 is 2.32 bits per heavy atom. The van der Waals surface area contributed by atoms with E-state index in [1.165, 1.54) is 5.56 Å². The molecule has 114 valence electrons. The van der Waals surface area contributed by atoms with Crippen LogP contribution in [0.2, 0.25) is 0 Å². The van der Waals surface area contributed by atoms with Crippen LogP contribution in [0, 0.1) is 0 Å². The topological polar surface area (TPSA) is 42.5 Å². The highest BCUT2D eigenvalue weighted by Gasteiger charge is 2.13. The molecule has 1 aliphatic heterocycles. The summed E-state index contributed by atoms with van der Waals surface area (Å²) in [6, 6.07) is 13.9. The van der Waals surface area contributed by atoms with Crippen molar-refractivity contribution in [2.45, 2.75) is 19.8 Å². The number of rotatable bonds is 3. The fraction of sp³-hybridized carbons (Fsp3) is 0.235. The molecule has 0 saturated carbocycles. The first-order chi connectivity index (χ1) is 10.6. The van der Waals surface area contributed by atoms with Crippen molar-refractivity contribution >= 4 is 28.7 Å². The molecule has 0 atom stereocenters. The van der Waals surface area contributed by atoms with Crippen LogP contribution in [0.15, 0.2) is 42.5 Å². The summed E-state index contributed by atoms with van der Waals surface area (Å²) < 4.78 is 10.6. The van der Waals surface area contributed by atoms with Gasteiger partial charge in [0, 0.05) is 17.4 Å². The maximum Gasteiger partial charge on any atom is 0.231 e. The molecule has 4 nitrogen and oxygen atoms in total. The first-order valence-electron chi connectivity index (χ1n) is 7.19. The Labute approximate surface area is 135 Å². The van der Waals surface area contributed by atoms with Crippen LogP contribution in [0.5, 0.6) is 11.5 Å². The van der Waals surface area contributed by atoms with Gasteiger partial charge >= 0.3 is 0 Å². The lowest BCUT2D eigenvalue weighted by atomic mass is 10.0. The number of fused-ring (bicyclic) bond motifs is 1. The average molecular weight is 314 g/mol. The van der Waals surface area contributed by atoms with Gasteiger partial charge in [-0.1, -0.05) is 26.0 Å². The SMILES string of the molecule is CC(C)c1ccc(NC(=S)Nc2ccc3c(c2)OCO3)cc1. The fourth-order valence-electron chi connectivity index (χ4n) is 2.22. The van der Waals surface area contributed by atoms with Crippen molar-refractivity contribution in [3.05, 3.63) is 48.0 Å². The molecule has 2 aromatic rings. The van der Waals surface area contributed by atoms with E-state index < -0.39 is 0 Å². The lowest BCUT2D eigenvalue weighted by Crippen LogP contribution is -2.18. The van der Waals surface area contributed by atoms with Crippen LogP contribution in [0.3, 0.4) is 0 Å². The number of thiocarbonyl (C=S) groups is 1. The van der Waals surface area contributed by atoms with Crippen LogP contribution >= 0.6 is 12.2 Å². The van der Waals surface area contributed by atoms with E-state index in [2.05, 4.69) is 36.6 Å². The molecule has 2 N–H and O–H groups in total. The van der Waals surface area contributed by atoms with Crippen LogP contribution in [-0.4, -0.2) is 11.9 Å². The van der Waals surface area contributed by atoms with E-state index in [4.69, 9.17) is 21.7 Å². The van der Waals surface area contributed by atoms with Crippen molar-refractivity contribution in [3.63, 3.8) is 0 Å². The Bertz CT molecular complexity index is 684. The molecule has 1 aliphatic rings. The molecule has 22 heavy (non-hydrogen) atoms. The Kier molecular flexibility index (Phi) is 4.15. The molecule has 0 aliphatic carbocycles. The Hall–Kier alpha value is -2.27. The van der Waals surface area contributed by atoms with E-state index in [0.29, 0.717) is 11.0 Å². The lowest BCUT2D eigenvalue weighted by molar-refractivity contribution is 0.174. The van der Waals surface area contributed by atoms with Gasteiger partial charge in [0.15, 0.2) is 16.6 Å². The third-order valence-corrected chi connectivity index (χ3v) is 3.67. The molecule has 5 heteroatoms. The summed E-state index contributed by atoms with van der Waals surface area (Å²) in [5.74, 6) is 2.01. The summed E-state index contributed by atoms with van der Waals surface area (Å²) in [7, 11) is 0. The molecule has 0 radical (unpaired) electrons. The highest BCUT2D eigenvalue weighted by atomic mass is 32.1. The molecule has 0 saturated heterocycles. The number of nitrogens with one attached hydrogen (secondary N) is 2. The predicted molar refractivity (Wildman–Crippen MR) is 92.9 cm³/mol. The summed E-state index contributed by atoms with van der Waals surface area (Å²) in [6.45, 7) is 4.62. The number of hydrogen-bond donors (Lipinski definition) is 2. The highest BCUT2D eigenvalue weighted by Crippen LogP contribution is 2.34. The van der Waals surface area contributed by atoms with Gasteiger partial charge in [-0.05, 0) is 48.0 Å². The van der Waals surface area contributed by atoms with Crippen molar-refractivity contribution in [2.75, 3.05) is 17.4 Å². The second kappa shape index (κ2) is 6.23. The van der Waals surface area contributed by atoms with Crippen LogP contribution in [0.4, 0.5) is 11.4 Å². The smallest absolute Gasteiger partial charge is 0.231 e. The fourth-order valence-corrected chi connectivity index (χ4v) is 2.45. The van der Waals surface area contributed by atoms with Gasteiger partial charge in [0.1, 0.15) is 0 Å². The summed E-state index contributed by atoms with van der Waals surface area (Å²) in [5, 5.41) is 6.85. The lowest BCUT2D eigenvalue weighted by Gasteiger charge is -2.12. The van der Waals surface area contributed by atoms with E-state index in [1.54, 1.807) is 0 Å². The van der Waals surface area contributed by atoms with Crippen molar-refractivity contribution < 1.29 is 9.47 Å². The maximum absolute atomic E-state index is 5.35. The van der Waals surface area contributed by atoms with Gasteiger partial charge in [-0.25, -0.2) is 0 Å². The zero-order valence-electron chi connectivity index (χ0n) is 12.6. The molecular formula is C17H18N2O2S. The van der Waals surface area contributed by atoms with Crippen LogP contribution in [-0.2, 0) is 0 Å². The second-order valence-electron chi connectivity index (χ2n) is 5.42. The van der Waals surface area contributed by atoms with E-state index in [1.807, 2.05) is 30.3 Å². The summed E-state index contributed by atoms with van der Waals surface area (Å²) in [6.07, 6.45) is 0. The van der Waals surface area contributed by atoms with E-state index in [9.17, 15) is 0 Å². The Balaban J connectivity index is 1.62. The third-order valence-electron chi connectivity index (χ3n) is 3.47. The van der Waals surface area contributed by atoms with Crippen LogP contribution in [0.1, 0.15) is 25.3 Å². The van der Waals surface area contributed by atoms with Crippen molar-refractivity contribution in [3.8, 4) is 11.5 Å². The summed E-state index contributed by atoms with van der Waals surface area (Å²) in [4.78, 5) is 0.